The van der Waals surface area contributed by atoms with Crippen molar-refractivity contribution in [1.29, 1.82) is 0 Å². The van der Waals surface area contributed by atoms with Crippen molar-refractivity contribution in [3.05, 3.63) is 73.6 Å². The number of rotatable bonds is 7. The van der Waals surface area contributed by atoms with Crippen molar-refractivity contribution in [2.24, 2.45) is 0 Å². The Morgan fingerprint density at radius 2 is 1.08 bits per heavy atom. The van der Waals surface area contributed by atoms with E-state index in [1.54, 1.807) is 12.4 Å². The lowest BCUT2D eigenvalue weighted by Gasteiger charge is -2.09. The molecular formula is C20H20N6. The van der Waals surface area contributed by atoms with Crippen LogP contribution >= 0.6 is 0 Å². The Balaban J connectivity index is 1.36. The molecule has 0 aromatic carbocycles. The first kappa shape index (κ1) is 16.2. The number of pyridine rings is 2. The van der Waals surface area contributed by atoms with Crippen LogP contribution in [0, 0.1) is 0 Å². The van der Waals surface area contributed by atoms with Crippen LogP contribution in [0.15, 0.2) is 73.6 Å². The Hall–Kier alpha value is -3.28. The standard InChI is InChI=1S/C20H20N6/c1-3-9-21-17(7-1)19-23-11-15-25(19)13-5-6-14-26-16-12-24-20(26)18-8-2-4-10-22-18/h1-4,7-12,15-16H,5-6,13-14H2. The molecule has 0 bridgehead atoms. The van der Waals surface area contributed by atoms with Gasteiger partial charge in [-0.05, 0) is 37.1 Å². The first-order valence-corrected chi connectivity index (χ1v) is 8.77. The molecular weight excluding hydrogens is 324 g/mol. The number of hydrogen-bond donors (Lipinski definition) is 0. The fourth-order valence-corrected chi connectivity index (χ4v) is 3.00. The summed E-state index contributed by atoms with van der Waals surface area (Å²) in [5, 5.41) is 0. The third-order valence-corrected chi connectivity index (χ3v) is 4.27. The van der Waals surface area contributed by atoms with Crippen LogP contribution in [0.5, 0.6) is 0 Å². The summed E-state index contributed by atoms with van der Waals surface area (Å²) >= 11 is 0. The molecule has 4 aromatic heterocycles. The first-order chi connectivity index (χ1) is 12.9. The summed E-state index contributed by atoms with van der Waals surface area (Å²) in [5.41, 5.74) is 1.81. The van der Waals surface area contributed by atoms with E-state index in [1.165, 1.54) is 0 Å². The van der Waals surface area contributed by atoms with Crippen molar-refractivity contribution < 1.29 is 0 Å². The van der Waals surface area contributed by atoms with E-state index in [4.69, 9.17) is 0 Å². The minimum absolute atomic E-state index is 0.907. The average molecular weight is 344 g/mol. The van der Waals surface area contributed by atoms with Gasteiger partial charge in [0.05, 0.1) is 0 Å². The molecule has 0 saturated carbocycles. The molecule has 0 radical (unpaired) electrons. The molecule has 4 aromatic rings. The van der Waals surface area contributed by atoms with Gasteiger partial charge in [0.1, 0.15) is 11.4 Å². The summed E-state index contributed by atoms with van der Waals surface area (Å²) in [6.07, 6.45) is 13.4. The number of unbranched alkanes of at least 4 members (excludes halogenated alkanes) is 1. The molecule has 0 fully saturated rings. The largest absolute Gasteiger partial charge is 0.330 e. The van der Waals surface area contributed by atoms with Gasteiger partial charge in [-0.1, -0.05) is 12.1 Å². The van der Waals surface area contributed by atoms with Gasteiger partial charge in [-0.25, -0.2) is 9.97 Å². The second-order valence-electron chi connectivity index (χ2n) is 6.03. The normalized spacial score (nSPS) is 10.9. The molecule has 6 nitrogen and oxygen atoms in total. The van der Waals surface area contributed by atoms with Crippen LogP contribution in [0.3, 0.4) is 0 Å². The maximum absolute atomic E-state index is 4.45. The highest BCUT2D eigenvalue weighted by Crippen LogP contribution is 2.17. The van der Waals surface area contributed by atoms with E-state index >= 15 is 0 Å². The predicted octanol–water partition coefficient (Wildman–Crippen LogP) is 3.68. The highest BCUT2D eigenvalue weighted by molar-refractivity contribution is 5.49. The lowest BCUT2D eigenvalue weighted by molar-refractivity contribution is 0.557. The highest BCUT2D eigenvalue weighted by Gasteiger charge is 2.08. The fourth-order valence-electron chi connectivity index (χ4n) is 3.00. The fraction of sp³-hybridized carbons (Fsp3) is 0.200. The molecule has 26 heavy (non-hydrogen) atoms. The van der Waals surface area contributed by atoms with E-state index < -0.39 is 0 Å². The minimum Gasteiger partial charge on any atom is -0.330 e. The van der Waals surface area contributed by atoms with Gasteiger partial charge < -0.3 is 9.13 Å². The third kappa shape index (κ3) is 3.54. The van der Waals surface area contributed by atoms with Gasteiger partial charge in [0.15, 0.2) is 11.6 Å². The summed E-state index contributed by atoms with van der Waals surface area (Å²) in [5.74, 6) is 1.84. The van der Waals surface area contributed by atoms with Crippen LogP contribution in [0.25, 0.3) is 23.0 Å². The third-order valence-electron chi connectivity index (χ3n) is 4.27. The van der Waals surface area contributed by atoms with Gasteiger partial charge in [0.2, 0.25) is 0 Å². The quantitative estimate of drug-likeness (QED) is 0.480. The van der Waals surface area contributed by atoms with Crippen LogP contribution in [0.1, 0.15) is 12.8 Å². The van der Waals surface area contributed by atoms with E-state index in [-0.39, 0.29) is 0 Å². The van der Waals surface area contributed by atoms with Gasteiger partial charge in [0.25, 0.3) is 0 Å². The van der Waals surface area contributed by atoms with Crippen LogP contribution in [-0.4, -0.2) is 29.1 Å². The van der Waals surface area contributed by atoms with Crippen molar-refractivity contribution in [3.63, 3.8) is 0 Å². The minimum atomic E-state index is 0.907. The second-order valence-corrected chi connectivity index (χ2v) is 6.03. The molecule has 0 amide bonds. The van der Waals surface area contributed by atoms with Crippen molar-refractivity contribution >= 4 is 0 Å². The number of nitrogens with zero attached hydrogens (tertiary/aromatic N) is 6. The van der Waals surface area contributed by atoms with E-state index in [0.29, 0.717) is 0 Å². The summed E-state index contributed by atoms with van der Waals surface area (Å²) in [6, 6.07) is 11.8. The summed E-state index contributed by atoms with van der Waals surface area (Å²) < 4.78 is 4.33. The Bertz CT molecular complexity index is 863. The predicted molar refractivity (Wildman–Crippen MR) is 100 cm³/mol. The molecule has 0 saturated heterocycles. The average Bonchev–Trinajstić information content (AvgIpc) is 3.36. The summed E-state index contributed by atoms with van der Waals surface area (Å²) in [4.78, 5) is 17.7. The molecule has 4 rings (SSSR count). The van der Waals surface area contributed by atoms with Crippen molar-refractivity contribution in [2.45, 2.75) is 25.9 Å². The molecule has 0 atom stereocenters. The van der Waals surface area contributed by atoms with E-state index in [0.717, 1.165) is 49.0 Å². The maximum Gasteiger partial charge on any atom is 0.158 e. The zero-order valence-corrected chi connectivity index (χ0v) is 14.4. The second kappa shape index (κ2) is 7.74. The van der Waals surface area contributed by atoms with Crippen molar-refractivity contribution in [3.8, 4) is 23.0 Å². The number of aromatic nitrogens is 6. The number of hydrogen-bond acceptors (Lipinski definition) is 4. The van der Waals surface area contributed by atoms with Crippen LogP contribution in [0.4, 0.5) is 0 Å². The molecule has 130 valence electrons. The first-order valence-electron chi connectivity index (χ1n) is 8.77. The van der Waals surface area contributed by atoms with Crippen LogP contribution in [-0.2, 0) is 13.1 Å². The lowest BCUT2D eigenvalue weighted by Crippen LogP contribution is -2.04. The van der Waals surface area contributed by atoms with Gasteiger partial charge in [0, 0.05) is 50.3 Å². The molecule has 4 heterocycles. The van der Waals surface area contributed by atoms with Gasteiger partial charge in [-0.2, -0.15) is 0 Å². The van der Waals surface area contributed by atoms with Crippen LogP contribution < -0.4 is 0 Å². The SMILES string of the molecule is c1ccc(-c2nccn2CCCCn2ccnc2-c2ccccn2)nc1. The Morgan fingerprint density at radius 3 is 1.50 bits per heavy atom. The molecule has 0 spiro atoms. The zero-order valence-electron chi connectivity index (χ0n) is 14.4. The molecule has 6 heteroatoms. The topological polar surface area (TPSA) is 61.4 Å². The Morgan fingerprint density at radius 1 is 0.577 bits per heavy atom. The van der Waals surface area contributed by atoms with E-state index in [2.05, 4.69) is 29.1 Å². The Kier molecular flexibility index (Phi) is 4.82. The van der Waals surface area contributed by atoms with Crippen LogP contribution in [0.2, 0.25) is 0 Å². The van der Waals surface area contributed by atoms with Crippen molar-refractivity contribution in [1.82, 2.24) is 29.1 Å². The molecule has 0 unspecified atom stereocenters. The maximum atomic E-state index is 4.45. The lowest BCUT2D eigenvalue weighted by atomic mass is 10.2. The molecule has 0 aliphatic rings. The molecule has 0 aliphatic heterocycles. The van der Waals surface area contributed by atoms with Gasteiger partial charge in [-0.15, -0.1) is 0 Å². The zero-order chi connectivity index (χ0) is 17.6. The summed E-state index contributed by atoms with van der Waals surface area (Å²) in [7, 11) is 0. The highest BCUT2D eigenvalue weighted by atomic mass is 15.1. The number of aryl methyl sites for hydroxylation is 2. The van der Waals surface area contributed by atoms with Crippen molar-refractivity contribution in [2.75, 3.05) is 0 Å². The monoisotopic (exact) mass is 344 g/mol. The Labute approximate surface area is 152 Å². The smallest absolute Gasteiger partial charge is 0.158 e. The molecule has 0 N–H and O–H groups in total. The van der Waals surface area contributed by atoms with Gasteiger partial charge >= 0.3 is 0 Å². The van der Waals surface area contributed by atoms with E-state index in [9.17, 15) is 0 Å². The van der Waals surface area contributed by atoms with E-state index in [1.807, 2.05) is 61.2 Å². The summed E-state index contributed by atoms with van der Waals surface area (Å²) in [6.45, 7) is 1.83. The number of imidazole rings is 2. The van der Waals surface area contributed by atoms with Gasteiger partial charge in [-0.3, -0.25) is 9.97 Å². The molecule has 0 aliphatic carbocycles.